The minimum absolute atomic E-state index is 0.0459. The Morgan fingerprint density at radius 1 is 1.39 bits per heavy atom. The Labute approximate surface area is 102 Å². The van der Waals surface area contributed by atoms with Gasteiger partial charge in [-0.2, -0.15) is 5.10 Å². The van der Waals surface area contributed by atoms with Crippen molar-refractivity contribution in [3.8, 4) is 0 Å². The Morgan fingerprint density at radius 2 is 2.22 bits per heavy atom. The van der Waals surface area contributed by atoms with Crippen LogP contribution in [0.15, 0.2) is 18.5 Å². The van der Waals surface area contributed by atoms with Crippen molar-refractivity contribution in [2.24, 2.45) is 0 Å². The van der Waals surface area contributed by atoms with E-state index >= 15 is 0 Å². The van der Waals surface area contributed by atoms with Gasteiger partial charge in [-0.05, 0) is 13.0 Å². The van der Waals surface area contributed by atoms with Crippen molar-refractivity contribution in [3.05, 3.63) is 30.0 Å². The summed E-state index contributed by atoms with van der Waals surface area (Å²) in [5.41, 5.74) is 2.46. The second kappa shape index (κ2) is 3.80. The van der Waals surface area contributed by atoms with Gasteiger partial charge in [0.25, 0.3) is 0 Å². The number of aliphatic carboxylic acids is 1. The molecule has 7 heteroatoms. The molecule has 0 spiro atoms. The zero-order valence-electron chi connectivity index (χ0n) is 9.74. The number of rotatable bonds is 3. The van der Waals surface area contributed by atoms with Crippen LogP contribution in [0.25, 0.3) is 11.2 Å². The van der Waals surface area contributed by atoms with Gasteiger partial charge in [0.1, 0.15) is 11.3 Å². The van der Waals surface area contributed by atoms with Crippen LogP contribution in [0.5, 0.6) is 0 Å². The first-order chi connectivity index (χ1) is 8.65. The van der Waals surface area contributed by atoms with Crippen molar-refractivity contribution in [1.29, 1.82) is 0 Å². The molecule has 3 rings (SSSR count). The van der Waals surface area contributed by atoms with E-state index in [0.717, 1.165) is 11.2 Å². The summed E-state index contributed by atoms with van der Waals surface area (Å²) in [6.45, 7) is 1.91. The number of aryl methyl sites for hydroxylation is 2. The van der Waals surface area contributed by atoms with Crippen LogP contribution >= 0.6 is 0 Å². The molecule has 0 saturated carbocycles. The Morgan fingerprint density at radius 3 is 3.00 bits per heavy atom. The van der Waals surface area contributed by atoms with Gasteiger partial charge >= 0.3 is 5.97 Å². The predicted molar refractivity (Wildman–Crippen MR) is 62.4 cm³/mol. The van der Waals surface area contributed by atoms with Gasteiger partial charge < -0.3 is 5.11 Å². The van der Waals surface area contributed by atoms with E-state index in [4.69, 9.17) is 5.11 Å². The molecule has 0 saturated heterocycles. The number of fused-ring (bicyclic) bond motifs is 3. The monoisotopic (exact) mass is 245 g/mol. The number of carboxylic acid groups (broad SMARTS) is 1. The maximum absolute atomic E-state index is 10.6. The summed E-state index contributed by atoms with van der Waals surface area (Å²) < 4.78 is 3.54. The van der Waals surface area contributed by atoms with E-state index < -0.39 is 5.97 Å². The first-order valence-corrected chi connectivity index (χ1v) is 5.55. The molecule has 3 aromatic rings. The fraction of sp³-hybridized carbons (Fsp3) is 0.273. The molecule has 0 unspecified atom stereocenters. The minimum atomic E-state index is -0.840. The summed E-state index contributed by atoms with van der Waals surface area (Å²) in [4.78, 5) is 10.6. The van der Waals surface area contributed by atoms with Gasteiger partial charge in [-0.1, -0.05) is 0 Å². The van der Waals surface area contributed by atoms with E-state index in [0.29, 0.717) is 17.9 Å². The second-order valence-electron chi connectivity index (χ2n) is 4.12. The van der Waals surface area contributed by atoms with Crippen molar-refractivity contribution in [2.75, 3.05) is 0 Å². The molecular formula is C11H11N5O2. The van der Waals surface area contributed by atoms with Gasteiger partial charge in [-0.25, -0.2) is 4.52 Å². The van der Waals surface area contributed by atoms with Crippen LogP contribution < -0.4 is 0 Å². The fourth-order valence-corrected chi connectivity index (χ4v) is 1.97. The van der Waals surface area contributed by atoms with Crippen molar-refractivity contribution in [3.63, 3.8) is 0 Å². The van der Waals surface area contributed by atoms with Crippen LogP contribution in [-0.2, 0) is 11.2 Å². The van der Waals surface area contributed by atoms with Gasteiger partial charge in [0.05, 0.1) is 12.1 Å². The van der Waals surface area contributed by atoms with Gasteiger partial charge in [-0.15, -0.1) is 10.2 Å². The van der Waals surface area contributed by atoms with Crippen LogP contribution in [0.1, 0.15) is 17.9 Å². The maximum atomic E-state index is 10.6. The molecule has 7 nitrogen and oxygen atoms in total. The maximum Gasteiger partial charge on any atom is 0.303 e. The average molecular weight is 245 g/mol. The number of hydrogen-bond acceptors (Lipinski definition) is 4. The summed E-state index contributed by atoms with van der Waals surface area (Å²) in [5.74, 6) is -0.193. The number of aromatic nitrogens is 5. The highest BCUT2D eigenvalue weighted by Crippen LogP contribution is 2.13. The minimum Gasteiger partial charge on any atom is -0.481 e. The van der Waals surface area contributed by atoms with E-state index in [1.165, 1.54) is 0 Å². The topological polar surface area (TPSA) is 84.8 Å². The van der Waals surface area contributed by atoms with Crippen LogP contribution in [0, 0.1) is 6.92 Å². The van der Waals surface area contributed by atoms with Crippen LogP contribution in [0.2, 0.25) is 0 Å². The Hall–Kier alpha value is -2.44. The van der Waals surface area contributed by atoms with Crippen molar-refractivity contribution in [1.82, 2.24) is 24.2 Å². The highest BCUT2D eigenvalue weighted by molar-refractivity contribution is 5.71. The lowest BCUT2D eigenvalue weighted by Crippen LogP contribution is -2.02. The van der Waals surface area contributed by atoms with Gasteiger partial charge in [0.2, 0.25) is 0 Å². The molecule has 3 heterocycles. The number of nitrogens with zero attached hydrogens (tertiary/aromatic N) is 5. The number of hydrogen-bond donors (Lipinski definition) is 1. The van der Waals surface area contributed by atoms with E-state index in [1.54, 1.807) is 15.1 Å². The summed E-state index contributed by atoms with van der Waals surface area (Å²) in [6.07, 6.45) is 4.01. The molecule has 3 aromatic heterocycles. The van der Waals surface area contributed by atoms with E-state index in [-0.39, 0.29) is 6.42 Å². The Balaban J connectivity index is 2.13. The molecular weight excluding hydrogens is 234 g/mol. The smallest absolute Gasteiger partial charge is 0.303 e. The van der Waals surface area contributed by atoms with Crippen LogP contribution in [-0.4, -0.2) is 35.3 Å². The third-order valence-electron chi connectivity index (χ3n) is 2.77. The second-order valence-corrected chi connectivity index (χ2v) is 4.12. The molecule has 0 aliphatic rings. The van der Waals surface area contributed by atoms with E-state index in [1.807, 2.05) is 19.2 Å². The molecule has 0 fully saturated rings. The molecule has 0 aliphatic carbocycles. The third-order valence-corrected chi connectivity index (χ3v) is 2.77. The third kappa shape index (κ3) is 1.60. The first kappa shape index (κ1) is 10.7. The fourth-order valence-electron chi connectivity index (χ4n) is 1.97. The largest absolute Gasteiger partial charge is 0.481 e. The molecule has 0 aromatic carbocycles. The van der Waals surface area contributed by atoms with Gasteiger partial charge in [0, 0.05) is 18.8 Å². The van der Waals surface area contributed by atoms with Crippen molar-refractivity contribution < 1.29 is 9.90 Å². The zero-order chi connectivity index (χ0) is 12.7. The van der Waals surface area contributed by atoms with Crippen molar-refractivity contribution in [2.45, 2.75) is 19.8 Å². The van der Waals surface area contributed by atoms with Gasteiger partial charge in [0.15, 0.2) is 5.65 Å². The molecule has 18 heavy (non-hydrogen) atoms. The van der Waals surface area contributed by atoms with Crippen LogP contribution in [0.3, 0.4) is 0 Å². The van der Waals surface area contributed by atoms with E-state index in [2.05, 4.69) is 15.3 Å². The highest BCUT2D eigenvalue weighted by Gasteiger charge is 2.11. The van der Waals surface area contributed by atoms with Gasteiger partial charge in [-0.3, -0.25) is 9.20 Å². The highest BCUT2D eigenvalue weighted by atomic mass is 16.4. The standard InChI is InChI=1S/C11H11N5O2/c1-7-6-8-11-13-12-9(2-3-10(17)18)15(11)4-5-16(8)14-7/h4-6H,2-3H2,1H3,(H,17,18). The molecule has 0 atom stereocenters. The first-order valence-electron chi connectivity index (χ1n) is 5.55. The van der Waals surface area contributed by atoms with Crippen LogP contribution in [0.4, 0.5) is 0 Å². The predicted octanol–water partition coefficient (Wildman–Crippen LogP) is 0.703. The zero-order valence-corrected chi connectivity index (χ0v) is 9.74. The summed E-state index contributed by atoms with van der Waals surface area (Å²) in [6, 6.07) is 1.92. The number of carbonyl (C=O) groups is 1. The molecule has 0 aliphatic heterocycles. The van der Waals surface area contributed by atoms with E-state index in [9.17, 15) is 4.79 Å². The Kier molecular flexibility index (Phi) is 2.26. The summed E-state index contributed by atoms with van der Waals surface area (Å²) in [5, 5.41) is 21.1. The lowest BCUT2D eigenvalue weighted by atomic mass is 10.3. The lowest BCUT2D eigenvalue weighted by Gasteiger charge is -1.99. The Bertz CT molecular complexity index is 742. The average Bonchev–Trinajstić information content (AvgIpc) is 2.87. The molecule has 0 radical (unpaired) electrons. The lowest BCUT2D eigenvalue weighted by molar-refractivity contribution is -0.137. The number of carboxylic acids is 1. The molecule has 1 N–H and O–H groups in total. The summed E-state index contributed by atoms with van der Waals surface area (Å²) in [7, 11) is 0. The van der Waals surface area contributed by atoms with Crippen molar-refractivity contribution >= 4 is 17.1 Å². The quantitative estimate of drug-likeness (QED) is 0.734. The molecule has 92 valence electrons. The normalized spacial score (nSPS) is 11.4. The molecule has 0 amide bonds. The molecule has 0 bridgehead atoms. The summed E-state index contributed by atoms with van der Waals surface area (Å²) >= 11 is 0. The SMILES string of the molecule is Cc1cc2c3nnc(CCC(=O)O)n3ccn2n1.